The normalized spacial score (nSPS) is 24.3. The van der Waals surface area contributed by atoms with Crippen LogP contribution in [0.25, 0.3) is 0 Å². The summed E-state index contributed by atoms with van der Waals surface area (Å²) >= 11 is 0. The number of aliphatic hydroxyl groups is 2. The van der Waals surface area contributed by atoms with Gasteiger partial charge in [0.25, 0.3) is 6.47 Å². The number of carbonyl (C=O) groups excluding carboxylic acids is 4. The van der Waals surface area contributed by atoms with E-state index in [1.165, 1.54) is 13.8 Å². The zero-order valence-electron chi connectivity index (χ0n) is 39.0. The van der Waals surface area contributed by atoms with Crippen LogP contribution in [0.5, 0.6) is 0 Å². The van der Waals surface area contributed by atoms with Gasteiger partial charge in [-0.1, -0.05) is 77.3 Å². The first-order chi connectivity index (χ1) is 29.4. The van der Waals surface area contributed by atoms with Gasteiger partial charge in [-0.3, -0.25) is 9.59 Å². The summed E-state index contributed by atoms with van der Waals surface area (Å²) in [5.41, 5.74) is 0. The fourth-order valence-corrected chi connectivity index (χ4v) is 11.4. The second-order valence-corrected chi connectivity index (χ2v) is 19.5. The topological polar surface area (TPSA) is 240 Å². The maximum absolute atomic E-state index is 12.9. The zero-order valence-corrected chi connectivity index (χ0v) is 52.2. The van der Waals surface area contributed by atoms with E-state index in [1.807, 2.05) is 13.8 Å². The first-order valence-corrected chi connectivity index (χ1v) is 23.6. The van der Waals surface area contributed by atoms with Crippen molar-refractivity contribution in [2.75, 3.05) is 25.2 Å². The molecule has 16 nitrogen and oxygen atoms in total. The molecule has 2 N–H and O–H groups in total. The average molecular weight is 1210 g/mol. The van der Waals surface area contributed by atoms with Crippen molar-refractivity contribution < 1.29 is 210 Å². The number of cyclic esters (lactones) is 1. The van der Waals surface area contributed by atoms with Crippen LogP contribution in [0.15, 0.2) is 95.8 Å². The van der Waals surface area contributed by atoms with Gasteiger partial charge >= 0.3 is 144 Å². The van der Waals surface area contributed by atoms with Crippen LogP contribution in [0.4, 0.5) is 4.79 Å². The molecule has 66 heavy (non-hydrogen) atoms. The summed E-state index contributed by atoms with van der Waals surface area (Å²) < 4.78 is 69.0. The molecule has 3 aliphatic heterocycles. The van der Waals surface area contributed by atoms with Crippen LogP contribution in [0.1, 0.15) is 82.5 Å². The Morgan fingerprint density at radius 3 is 1.61 bits per heavy atom. The van der Waals surface area contributed by atoms with Crippen molar-refractivity contribution in [2.24, 2.45) is 23.7 Å². The third-order valence-corrected chi connectivity index (χ3v) is 14.8. The Kier molecular flexibility index (Phi) is 38.0. The number of ether oxygens (including phenoxy) is 3. The van der Waals surface area contributed by atoms with Gasteiger partial charge in [-0.2, -0.15) is 0 Å². The van der Waals surface area contributed by atoms with Crippen LogP contribution in [-0.2, 0) is 53.2 Å². The van der Waals surface area contributed by atoms with Gasteiger partial charge in [0.1, 0.15) is 11.9 Å². The Balaban J connectivity index is -0.000000497. The number of nitrogens with zero attached hydrogens (tertiary/aromatic N) is 1. The molecule has 0 bridgehead atoms. The Bertz CT molecular complexity index is 1970. The van der Waals surface area contributed by atoms with Crippen LogP contribution in [0.3, 0.4) is 0 Å². The predicted molar refractivity (Wildman–Crippen MR) is 242 cm³/mol. The number of ketones is 1. The summed E-state index contributed by atoms with van der Waals surface area (Å²) in [5.74, 6) is -0.750. The monoisotopic (exact) mass is 1210 g/mol. The van der Waals surface area contributed by atoms with Gasteiger partial charge in [0.2, 0.25) is 5.91 Å². The molecule has 0 aliphatic carbocycles. The van der Waals surface area contributed by atoms with Gasteiger partial charge in [-0.15, -0.1) is 13.2 Å². The van der Waals surface area contributed by atoms with Crippen molar-refractivity contribution in [3.05, 3.63) is 86.0 Å². The van der Waals surface area contributed by atoms with Crippen molar-refractivity contribution >= 4 is 43.9 Å². The molecule has 0 aromatic heterocycles. The molecule has 5 rings (SSSR count). The predicted octanol–water partition coefficient (Wildman–Crippen LogP) is -0.574. The largest absolute Gasteiger partial charge is 1.00 e. The van der Waals surface area contributed by atoms with E-state index in [0.29, 0.717) is 48.3 Å². The molecule has 10 atom stereocenters. The molecule has 364 valence electrons. The zero-order chi connectivity index (χ0) is 46.6. The number of amides is 2. The van der Waals surface area contributed by atoms with E-state index < -0.39 is 38.0 Å². The summed E-state index contributed by atoms with van der Waals surface area (Å²) in [6.45, 7) is 14.3. The molecule has 0 saturated carbocycles. The van der Waals surface area contributed by atoms with Gasteiger partial charge in [0.05, 0.1) is 58.4 Å². The number of carbonyl (C=O) groups is 4. The molecule has 0 spiro atoms. The number of imide groups is 1. The number of sulfone groups is 2. The minimum absolute atomic E-state index is 0. The second kappa shape index (κ2) is 35.8. The minimum atomic E-state index is -3.46. The quantitative estimate of drug-likeness (QED) is 0.0823. The minimum Gasteiger partial charge on any atom is -1.00 e. The third-order valence-electron chi connectivity index (χ3n) is 11.1. The van der Waals surface area contributed by atoms with E-state index in [9.17, 15) is 36.3 Å². The standard InChI is InChI=1S/C21H27NO6S.C21H30O5S.CH2O3.CH4O.2CH4.2Cs.H/c1-4-8-19-18(13-29(25,26)17-9-6-5-7-10-17)14(2)20(28-19)11-16-12-22(15(3)23)21(24)27-16;1-4-8-20-19(14-27(24,25)18-9-6-5-7-10-18)16(3)21(26-20)13-17(23)12-11-15(2)22;2-1-4-3;1-2;;;;;/h4-7,9-10,14,16,18-20H,1,8,11-13H2,2-3H3;4-7,9-10,16-17,19-21,23H,1,8,11-14H2,2-3H3;1,3H;2H,1H3;2*1H4;;;/q;;;;;;2*+1;-1/p-1/t14-,16+,18-,19+,20-;16-,17-,19-,20+,21-;;;;;;;/m11......./s1. The summed E-state index contributed by atoms with van der Waals surface area (Å²) in [7, 11) is -5.88. The van der Waals surface area contributed by atoms with Crippen molar-refractivity contribution in [1.29, 1.82) is 0 Å². The summed E-state index contributed by atoms with van der Waals surface area (Å²) in [5, 5.41) is 25.6. The van der Waals surface area contributed by atoms with Crippen LogP contribution >= 0.6 is 0 Å². The van der Waals surface area contributed by atoms with Crippen molar-refractivity contribution in [2.45, 2.75) is 127 Å². The number of hydrogen-bond donors (Lipinski definition) is 2. The first-order valence-electron chi connectivity index (χ1n) is 20.3. The Morgan fingerprint density at radius 2 is 1.24 bits per heavy atom. The van der Waals surface area contributed by atoms with E-state index in [2.05, 4.69) is 18.0 Å². The summed E-state index contributed by atoms with van der Waals surface area (Å²) in [6, 6.07) is 16.9. The van der Waals surface area contributed by atoms with Crippen LogP contribution in [0, 0.1) is 23.7 Å². The number of benzene rings is 2. The fourth-order valence-electron chi connectivity index (χ4n) is 7.85. The Hall–Kier alpha value is -0.196. The molecular weight excluding hydrogens is 1140 g/mol. The first kappa shape index (κ1) is 70.1. The van der Waals surface area contributed by atoms with E-state index in [0.717, 1.165) is 12.0 Å². The SMILES string of the molecule is C.C.C=CC[C@@H]1O[C@H](C[C@H](O)CCC(C)=O)[C@H](C)[C@H]1CS(=O)(=O)c1ccccc1.C=CC[C@@H]1O[C@H](C[C@H]2CN(C(C)=O)C(=O)O2)[C@H](C)[C@H]1CS(=O)(=O)c1ccccc1.CO.O=CO[O-].[Cs+].[Cs+].[H-]. The van der Waals surface area contributed by atoms with Gasteiger partial charge < -0.3 is 40.8 Å². The molecule has 0 radical (unpaired) electrons. The summed E-state index contributed by atoms with van der Waals surface area (Å²) in [4.78, 5) is 47.4. The van der Waals surface area contributed by atoms with Gasteiger partial charge in [-0.25, -0.2) is 26.5 Å². The van der Waals surface area contributed by atoms with E-state index in [-0.39, 0.29) is 238 Å². The Labute approximate surface area is 512 Å². The molecule has 0 unspecified atom stereocenters. The van der Waals surface area contributed by atoms with Crippen molar-refractivity contribution in [3.63, 3.8) is 0 Å². The maximum atomic E-state index is 12.9. The molecule has 20 heteroatoms. The fraction of sp³-hybridized carbons (Fsp3) is 0.565. The van der Waals surface area contributed by atoms with E-state index in [1.54, 1.807) is 72.8 Å². The van der Waals surface area contributed by atoms with E-state index >= 15 is 0 Å². The van der Waals surface area contributed by atoms with E-state index in [4.69, 9.17) is 29.4 Å². The second-order valence-electron chi connectivity index (χ2n) is 15.4. The number of hydrogen-bond acceptors (Lipinski definition) is 15. The summed E-state index contributed by atoms with van der Waals surface area (Å²) in [6.07, 6.45) is 3.44. The average Bonchev–Trinajstić information content (AvgIpc) is 3.86. The smallest absolute Gasteiger partial charge is 1.00 e. The molecule has 3 aliphatic rings. The molecule has 3 saturated heterocycles. The van der Waals surface area contributed by atoms with Crippen LogP contribution in [-0.4, -0.2) is 118 Å². The maximum Gasteiger partial charge on any atom is 1.00 e. The molecule has 2 amide bonds. The molecule has 3 fully saturated rings. The van der Waals surface area contributed by atoms with Crippen molar-refractivity contribution in [1.82, 2.24) is 4.90 Å². The molecule has 3 heterocycles. The molecular formula is C46H71Cs2NO15S2. The Morgan fingerprint density at radius 1 is 0.833 bits per heavy atom. The van der Waals surface area contributed by atoms with Crippen LogP contribution < -0.4 is 143 Å². The number of aliphatic hydroxyl groups excluding tert-OH is 2. The number of Topliss-reactive ketones (excluding diaryl/α,β-unsaturated/α-hetero) is 1. The van der Waals surface area contributed by atoms with Gasteiger partial charge in [-0.05, 0) is 68.7 Å². The van der Waals surface area contributed by atoms with Crippen molar-refractivity contribution in [3.8, 4) is 0 Å². The number of rotatable bonds is 18. The molecule has 2 aromatic carbocycles. The molecule has 2 aromatic rings. The third kappa shape index (κ3) is 22.5. The van der Waals surface area contributed by atoms with Gasteiger partial charge in [0, 0.05) is 38.7 Å². The van der Waals surface area contributed by atoms with Crippen LogP contribution in [0.2, 0.25) is 0 Å². The van der Waals surface area contributed by atoms with Gasteiger partial charge in [0.15, 0.2) is 19.7 Å².